The van der Waals surface area contributed by atoms with Gasteiger partial charge >= 0.3 is 0 Å². The first-order valence-electron chi connectivity index (χ1n) is 13.9. The fraction of sp³-hybridized carbons (Fsp3) is 0.323. The third-order valence-corrected chi connectivity index (χ3v) is 8.49. The third kappa shape index (κ3) is 8.28. The van der Waals surface area contributed by atoms with Gasteiger partial charge in [0.05, 0.1) is 25.3 Å². The van der Waals surface area contributed by atoms with Gasteiger partial charge in [-0.1, -0.05) is 36.4 Å². The van der Waals surface area contributed by atoms with Crippen LogP contribution in [0, 0.1) is 0 Å². The molecule has 0 amide bonds. The monoisotopic (exact) mass is 611 g/mol. The van der Waals surface area contributed by atoms with Crippen molar-refractivity contribution in [3.63, 3.8) is 0 Å². The number of likely N-dealkylation sites (N-methyl/N-ethyl adjacent to an activating group) is 2. The maximum Gasteiger partial charge on any atom is 0.208 e. The Morgan fingerprint density at radius 3 is 2.12 bits per heavy atom. The van der Waals surface area contributed by atoms with E-state index in [1.54, 1.807) is 6.26 Å². The van der Waals surface area contributed by atoms with Crippen LogP contribution < -0.4 is 14.3 Å². The average Bonchev–Trinajstić information content (AvgIpc) is 3.37. The van der Waals surface area contributed by atoms with Crippen molar-refractivity contribution in [2.24, 2.45) is 0 Å². The van der Waals surface area contributed by atoms with Crippen molar-refractivity contribution in [3.05, 3.63) is 96.0 Å². The highest BCUT2D eigenvalue weighted by Gasteiger charge is 2.20. The summed E-state index contributed by atoms with van der Waals surface area (Å²) in [6.45, 7) is 7.32. The van der Waals surface area contributed by atoms with Crippen LogP contribution in [0.5, 0.6) is 0 Å². The minimum atomic E-state index is -3.24. The van der Waals surface area contributed by atoms with E-state index in [2.05, 4.69) is 49.3 Å². The molecule has 0 radical (unpaired) electrons. The average molecular weight is 612 g/mol. The van der Waals surface area contributed by atoms with E-state index in [9.17, 15) is 16.8 Å². The van der Waals surface area contributed by atoms with Gasteiger partial charge in [-0.25, -0.2) is 30.9 Å². The van der Waals surface area contributed by atoms with Crippen LogP contribution in [-0.2, 0) is 20.0 Å². The highest BCUT2D eigenvalue weighted by Crippen LogP contribution is 2.36. The standard InChI is InChI=1S/C31H39N4O5S2/c1-5-34(21-19-32-41(3,36)37)27-15-11-24(12-16-27)30(31-29-10-8-7-9-26(29)23-40-31)25-13-17-28(18-14-25)35(6-2)22-20-33-42(4,38)39/h7-18,23,32-33H,5-6,19-22H2,1-4H3/q+1. The van der Waals surface area contributed by atoms with Crippen LogP contribution in [0.2, 0.25) is 0 Å². The van der Waals surface area contributed by atoms with E-state index in [1.165, 1.54) is 0 Å². The lowest BCUT2D eigenvalue weighted by Crippen LogP contribution is -2.34. The molecule has 0 saturated heterocycles. The van der Waals surface area contributed by atoms with Crippen LogP contribution in [0.25, 0.3) is 16.3 Å². The van der Waals surface area contributed by atoms with Crippen molar-refractivity contribution < 1.29 is 25.8 Å². The van der Waals surface area contributed by atoms with Crippen LogP contribution in [-0.4, -0.2) is 78.9 Å². The Morgan fingerprint density at radius 1 is 0.857 bits per heavy atom. The Morgan fingerprint density at radius 2 is 1.50 bits per heavy atom. The molecule has 1 heterocycles. The predicted molar refractivity (Wildman–Crippen MR) is 171 cm³/mol. The van der Waals surface area contributed by atoms with Crippen molar-refractivity contribution in [1.82, 2.24) is 9.44 Å². The molecule has 224 valence electrons. The van der Waals surface area contributed by atoms with Gasteiger partial charge in [0, 0.05) is 53.8 Å². The van der Waals surface area contributed by atoms with Crippen LogP contribution in [0.4, 0.5) is 5.69 Å². The van der Waals surface area contributed by atoms with Gasteiger partial charge in [-0.3, -0.25) is 0 Å². The molecule has 1 aromatic heterocycles. The fourth-order valence-corrected chi connectivity index (χ4v) is 5.89. The lowest BCUT2D eigenvalue weighted by atomic mass is 9.92. The lowest BCUT2D eigenvalue weighted by molar-refractivity contribution is -0.520. The first kappa shape index (κ1) is 31.4. The molecular formula is C31H39N4O5S2+. The van der Waals surface area contributed by atoms with Gasteiger partial charge in [0.1, 0.15) is 12.3 Å². The second-order valence-corrected chi connectivity index (χ2v) is 13.8. The highest BCUT2D eigenvalue weighted by atomic mass is 32.2. The van der Waals surface area contributed by atoms with E-state index in [4.69, 9.17) is 4.42 Å². The van der Waals surface area contributed by atoms with Crippen LogP contribution in [0.15, 0.2) is 89.1 Å². The molecule has 0 atom stereocenters. The number of sulfonamides is 2. The summed E-state index contributed by atoms with van der Waals surface area (Å²) in [6.07, 6.45) is 12.3. The zero-order valence-electron chi connectivity index (χ0n) is 24.5. The van der Waals surface area contributed by atoms with Crippen molar-refractivity contribution in [3.8, 4) is 0 Å². The maximum absolute atomic E-state index is 11.5. The smallest absolute Gasteiger partial charge is 0.208 e. The number of hydrogen-bond acceptors (Lipinski definition) is 6. The SMILES string of the molecule is CCN(CCNS(C)(=O)=O)c1ccc(C(=C2C=CC(=[N+](CC)CCNS(C)(=O)=O)C=C2)c2occ3ccccc23)cc1. The topological polar surface area (TPSA) is 112 Å². The molecule has 11 heteroatoms. The molecule has 2 aromatic carbocycles. The van der Waals surface area contributed by atoms with Gasteiger partial charge < -0.3 is 9.32 Å². The van der Waals surface area contributed by atoms with E-state index < -0.39 is 20.0 Å². The second kappa shape index (κ2) is 13.6. The number of furan rings is 1. The van der Waals surface area contributed by atoms with Crippen molar-refractivity contribution >= 4 is 47.8 Å². The summed E-state index contributed by atoms with van der Waals surface area (Å²) in [5.41, 5.74) is 4.93. The predicted octanol–water partition coefficient (Wildman–Crippen LogP) is 3.76. The minimum Gasteiger partial charge on any atom is -0.463 e. The third-order valence-electron chi connectivity index (χ3n) is 7.03. The van der Waals surface area contributed by atoms with E-state index >= 15 is 0 Å². The number of nitrogens with zero attached hydrogens (tertiary/aromatic N) is 2. The molecule has 0 fully saturated rings. The van der Waals surface area contributed by atoms with Gasteiger partial charge in [0.2, 0.25) is 20.0 Å². The molecule has 42 heavy (non-hydrogen) atoms. The summed E-state index contributed by atoms with van der Waals surface area (Å²) < 4.78 is 59.4. The zero-order valence-corrected chi connectivity index (χ0v) is 26.1. The Balaban J connectivity index is 1.69. The molecule has 0 aliphatic heterocycles. The summed E-state index contributed by atoms with van der Waals surface area (Å²) in [5, 5.41) is 2.04. The normalized spacial score (nSPS) is 13.6. The van der Waals surface area contributed by atoms with E-state index in [1.807, 2.05) is 56.3 Å². The van der Waals surface area contributed by atoms with Crippen LogP contribution >= 0.6 is 0 Å². The zero-order chi connectivity index (χ0) is 30.3. The van der Waals surface area contributed by atoms with Crippen molar-refractivity contribution in [1.29, 1.82) is 0 Å². The largest absolute Gasteiger partial charge is 0.463 e. The number of rotatable bonds is 13. The lowest BCUT2D eigenvalue weighted by Gasteiger charge is -2.23. The summed E-state index contributed by atoms with van der Waals surface area (Å²) in [6, 6.07) is 16.3. The number of allylic oxidation sites excluding steroid dienone is 5. The number of nitrogens with one attached hydrogen (secondary N) is 2. The first-order chi connectivity index (χ1) is 20.0. The molecule has 3 aromatic rings. The fourth-order valence-electron chi connectivity index (χ4n) is 4.96. The van der Waals surface area contributed by atoms with Gasteiger partial charge in [0.25, 0.3) is 0 Å². The summed E-state index contributed by atoms with van der Waals surface area (Å²) >= 11 is 0. The van der Waals surface area contributed by atoms with E-state index in [0.29, 0.717) is 26.2 Å². The maximum atomic E-state index is 11.5. The molecule has 9 nitrogen and oxygen atoms in total. The van der Waals surface area contributed by atoms with Gasteiger partial charge in [0.15, 0.2) is 12.3 Å². The number of fused-ring (bicyclic) bond motifs is 1. The Labute approximate surface area is 249 Å². The second-order valence-electron chi connectivity index (χ2n) is 10.1. The van der Waals surface area contributed by atoms with Gasteiger partial charge in [-0.15, -0.1) is 0 Å². The molecule has 0 saturated carbocycles. The quantitative estimate of drug-likeness (QED) is 0.285. The molecular weight excluding hydrogens is 572 g/mol. The van der Waals surface area contributed by atoms with E-state index in [-0.39, 0.29) is 0 Å². The first-order valence-corrected chi connectivity index (χ1v) is 17.7. The number of hydrogen-bond donors (Lipinski definition) is 2. The Hall–Kier alpha value is -3.51. The molecule has 1 aliphatic rings. The number of anilines is 1. The Bertz CT molecular complexity index is 1730. The van der Waals surface area contributed by atoms with Crippen molar-refractivity contribution in [2.45, 2.75) is 13.8 Å². The molecule has 2 N–H and O–H groups in total. The highest BCUT2D eigenvalue weighted by molar-refractivity contribution is 7.89. The summed E-state index contributed by atoms with van der Waals surface area (Å²) in [7, 11) is -6.49. The minimum absolute atomic E-state index is 0.329. The summed E-state index contributed by atoms with van der Waals surface area (Å²) in [4.78, 5) is 2.12. The van der Waals surface area contributed by atoms with Crippen LogP contribution in [0.1, 0.15) is 25.2 Å². The number of benzene rings is 2. The molecule has 0 bridgehead atoms. The van der Waals surface area contributed by atoms with Crippen LogP contribution in [0.3, 0.4) is 0 Å². The van der Waals surface area contributed by atoms with Gasteiger partial charge in [-0.05, 0) is 49.3 Å². The molecule has 4 rings (SSSR count). The molecule has 0 spiro atoms. The van der Waals surface area contributed by atoms with Crippen molar-refractivity contribution in [2.75, 3.05) is 56.7 Å². The van der Waals surface area contributed by atoms with Gasteiger partial charge in [-0.2, -0.15) is 0 Å². The molecule has 0 unspecified atom stereocenters. The summed E-state index contributed by atoms with van der Waals surface area (Å²) in [5.74, 6) is 0.778. The van der Waals surface area contributed by atoms with E-state index in [0.717, 1.165) is 70.2 Å². The Kier molecular flexibility index (Phi) is 10.2. The molecule has 1 aliphatic carbocycles.